The molecule has 0 aromatic heterocycles. The highest BCUT2D eigenvalue weighted by Crippen LogP contribution is 2.21. The van der Waals surface area contributed by atoms with Gasteiger partial charge in [-0.2, -0.15) is 0 Å². The second kappa shape index (κ2) is 13.7. The van der Waals surface area contributed by atoms with Crippen molar-refractivity contribution in [3.05, 3.63) is 29.8 Å². The Bertz CT molecular complexity index is 520. The Morgan fingerprint density at radius 1 is 1.16 bits per heavy atom. The molecule has 1 amide bonds. The molecule has 7 heteroatoms. The van der Waals surface area contributed by atoms with Crippen LogP contribution in [0.15, 0.2) is 29.3 Å². The van der Waals surface area contributed by atoms with Crippen LogP contribution in [0.25, 0.3) is 0 Å². The van der Waals surface area contributed by atoms with Gasteiger partial charge in [0.05, 0.1) is 13.7 Å². The number of hydrogen-bond acceptors (Lipinski definition) is 3. The average molecular weight is 462 g/mol. The summed E-state index contributed by atoms with van der Waals surface area (Å²) in [6.07, 6.45) is 1.90. The van der Waals surface area contributed by atoms with E-state index in [-0.39, 0.29) is 36.4 Å². The van der Waals surface area contributed by atoms with Crippen LogP contribution in [0.3, 0.4) is 0 Å². The minimum absolute atomic E-state index is 0. The van der Waals surface area contributed by atoms with E-state index in [4.69, 9.17) is 4.74 Å². The maximum absolute atomic E-state index is 11.6. The summed E-state index contributed by atoms with van der Waals surface area (Å²) in [5.74, 6) is 1.92. The van der Waals surface area contributed by atoms with Crippen molar-refractivity contribution in [2.24, 2.45) is 4.99 Å². The number of hydrogen-bond donors (Lipinski definition) is 3. The van der Waals surface area contributed by atoms with Crippen LogP contribution < -0.4 is 20.7 Å². The quantitative estimate of drug-likeness (QED) is 0.300. The molecule has 0 aliphatic rings. The molecule has 0 aliphatic carbocycles. The number of aliphatic imine (C=N–C) groups is 1. The van der Waals surface area contributed by atoms with Crippen molar-refractivity contribution < 1.29 is 9.53 Å². The lowest BCUT2D eigenvalue weighted by Crippen LogP contribution is -2.43. The SMILES string of the molecule is CCCNC(=O)CNC(=NC)NCCC(C)c1ccc(OC)cc1.I. The number of rotatable bonds is 9. The number of guanidine groups is 1. The molecular weight excluding hydrogens is 431 g/mol. The summed E-state index contributed by atoms with van der Waals surface area (Å²) >= 11 is 0. The first kappa shape index (κ1) is 23.5. The predicted octanol–water partition coefficient (Wildman–Crippen LogP) is 2.50. The van der Waals surface area contributed by atoms with Gasteiger partial charge in [0.25, 0.3) is 0 Å². The van der Waals surface area contributed by atoms with Gasteiger partial charge < -0.3 is 20.7 Å². The van der Waals surface area contributed by atoms with Crippen molar-refractivity contribution in [3.8, 4) is 5.75 Å². The number of carbonyl (C=O) groups excluding carboxylic acids is 1. The largest absolute Gasteiger partial charge is 0.497 e. The third-order valence-electron chi connectivity index (χ3n) is 3.77. The Morgan fingerprint density at radius 2 is 1.84 bits per heavy atom. The Kier molecular flexibility index (Phi) is 12.9. The van der Waals surface area contributed by atoms with Crippen molar-refractivity contribution in [1.29, 1.82) is 0 Å². The van der Waals surface area contributed by atoms with E-state index in [1.807, 2.05) is 19.1 Å². The molecule has 6 nitrogen and oxygen atoms in total. The molecule has 0 fully saturated rings. The minimum atomic E-state index is -0.0219. The maximum Gasteiger partial charge on any atom is 0.239 e. The number of nitrogens with zero attached hydrogens (tertiary/aromatic N) is 1. The number of methoxy groups -OCH3 is 1. The molecule has 0 bridgehead atoms. The number of amides is 1. The zero-order valence-corrected chi connectivity index (χ0v) is 17.9. The van der Waals surface area contributed by atoms with Crippen LogP contribution in [-0.2, 0) is 4.79 Å². The first-order chi connectivity index (χ1) is 11.6. The van der Waals surface area contributed by atoms with Crippen LogP contribution in [0.2, 0.25) is 0 Å². The van der Waals surface area contributed by atoms with Crippen molar-refractivity contribution in [2.75, 3.05) is 33.8 Å². The molecule has 0 aliphatic heterocycles. The molecule has 1 rings (SSSR count). The van der Waals surface area contributed by atoms with Crippen LogP contribution in [0.5, 0.6) is 5.75 Å². The molecule has 3 N–H and O–H groups in total. The van der Waals surface area contributed by atoms with Crippen molar-refractivity contribution in [2.45, 2.75) is 32.6 Å². The van der Waals surface area contributed by atoms with Crippen LogP contribution in [-0.4, -0.2) is 45.7 Å². The van der Waals surface area contributed by atoms with E-state index in [0.29, 0.717) is 18.4 Å². The normalized spacial score (nSPS) is 11.9. The van der Waals surface area contributed by atoms with E-state index < -0.39 is 0 Å². The van der Waals surface area contributed by atoms with Crippen molar-refractivity contribution >= 4 is 35.8 Å². The van der Waals surface area contributed by atoms with E-state index in [2.05, 4.69) is 40.0 Å². The van der Waals surface area contributed by atoms with Gasteiger partial charge in [-0.1, -0.05) is 26.0 Å². The summed E-state index contributed by atoms with van der Waals surface area (Å²) in [5, 5.41) is 9.08. The summed E-state index contributed by atoms with van der Waals surface area (Å²) in [7, 11) is 3.37. The van der Waals surface area contributed by atoms with E-state index in [1.165, 1.54) is 5.56 Å². The highest BCUT2D eigenvalue weighted by atomic mass is 127. The zero-order valence-electron chi connectivity index (χ0n) is 15.6. The molecule has 142 valence electrons. The zero-order chi connectivity index (χ0) is 17.8. The number of benzene rings is 1. The van der Waals surface area contributed by atoms with Gasteiger partial charge in [-0.25, -0.2) is 0 Å². The molecule has 0 saturated carbocycles. The molecule has 1 unspecified atom stereocenters. The van der Waals surface area contributed by atoms with Gasteiger partial charge in [-0.3, -0.25) is 9.79 Å². The first-order valence-corrected chi connectivity index (χ1v) is 8.45. The van der Waals surface area contributed by atoms with Crippen LogP contribution in [0.1, 0.15) is 38.2 Å². The third kappa shape index (κ3) is 9.52. The molecule has 0 saturated heterocycles. The number of nitrogens with one attached hydrogen (secondary N) is 3. The fraction of sp³-hybridized carbons (Fsp3) is 0.556. The van der Waals surface area contributed by atoms with E-state index in [0.717, 1.165) is 25.1 Å². The van der Waals surface area contributed by atoms with Gasteiger partial charge in [0.2, 0.25) is 5.91 Å². The fourth-order valence-electron chi connectivity index (χ4n) is 2.22. The van der Waals surface area contributed by atoms with Gasteiger partial charge in [0, 0.05) is 20.1 Å². The molecule has 0 heterocycles. The van der Waals surface area contributed by atoms with Gasteiger partial charge in [0.15, 0.2) is 5.96 Å². The second-order valence-corrected chi connectivity index (χ2v) is 5.67. The highest BCUT2D eigenvalue weighted by Gasteiger charge is 2.07. The summed E-state index contributed by atoms with van der Waals surface area (Å²) in [5.41, 5.74) is 1.28. The Balaban J connectivity index is 0.00000576. The molecule has 1 atom stereocenters. The minimum Gasteiger partial charge on any atom is -0.497 e. The van der Waals surface area contributed by atoms with Gasteiger partial charge in [-0.15, -0.1) is 24.0 Å². The monoisotopic (exact) mass is 462 g/mol. The van der Waals surface area contributed by atoms with Gasteiger partial charge >= 0.3 is 0 Å². The molecule has 1 aromatic carbocycles. The first-order valence-electron chi connectivity index (χ1n) is 8.45. The lowest BCUT2D eigenvalue weighted by Gasteiger charge is -2.15. The van der Waals surface area contributed by atoms with E-state index in [1.54, 1.807) is 14.2 Å². The Hall–Kier alpha value is -1.51. The second-order valence-electron chi connectivity index (χ2n) is 5.67. The third-order valence-corrected chi connectivity index (χ3v) is 3.77. The maximum atomic E-state index is 11.6. The van der Waals surface area contributed by atoms with Gasteiger partial charge in [0.1, 0.15) is 5.75 Å². The van der Waals surface area contributed by atoms with Crippen molar-refractivity contribution in [1.82, 2.24) is 16.0 Å². The summed E-state index contributed by atoms with van der Waals surface area (Å²) in [4.78, 5) is 15.7. The topological polar surface area (TPSA) is 74.8 Å². The highest BCUT2D eigenvalue weighted by molar-refractivity contribution is 14.0. The Labute approximate surface area is 168 Å². The van der Waals surface area contributed by atoms with Crippen LogP contribution in [0, 0.1) is 0 Å². The smallest absolute Gasteiger partial charge is 0.239 e. The number of halogens is 1. The summed E-state index contributed by atoms with van der Waals surface area (Å²) < 4.78 is 5.18. The van der Waals surface area contributed by atoms with E-state index in [9.17, 15) is 4.79 Å². The van der Waals surface area contributed by atoms with Gasteiger partial charge in [-0.05, 0) is 36.5 Å². The molecular formula is C18H31IN4O2. The summed E-state index contributed by atoms with van der Waals surface area (Å²) in [6, 6.07) is 8.15. The number of ether oxygens (including phenoxy) is 1. The van der Waals surface area contributed by atoms with E-state index >= 15 is 0 Å². The molecule has 0 radical (unpaired) electrons. The average Bonchev–Trinajstić information content (AvgIpc) is 2.62. The summed E-state index contributed by atoms with van der Waals surface area (Å²) in [6.45, 7) is 5.93. The fourth-order valence-corrected chi connectivity index (χ4v) is 2.22. The van der Waals surface area contributed by atoms with Crippen LogP contribution in [0.4, 0.5) is 0 Å². The lowest BCUT2D eigenvalue weighted by atomic mass is 9.98. The lowest BCUT2D eigenvalue weighted by molar-refractivity contribution is -0.120. The van der Waals surface area contributed by atoms with Crippen molar-refractivity contribution in [3.63, 3.8) is 0 Å². The standard InChI is InChI=1S/C18H30N4O2.HI/c1-5-11-20-17(23)13-22-18(19-3)21-12-10-14(2)15-6-8-16(24-4)9-7-15;/h6-9,14H,5,10-13H2,1-4H3,(H,20,23)(H2,19,21,22);1H. The van der Waals surface area contributed by atoms with Crippen LogP contribution >= 0.6 is 24.0 Å². The molecule has 0 spiro atoms. The molecule has 25 heavy (non-hydrogen) atoms. The predicted molar refractivity (Wildman–Crippen MR) is 114 cm³/mol. The Morgan fingerprint density at radius 3 is 2.40 bits per heavy atom. The molecule has 1 aromatic rings. The number of carbonyl (C=O) groups is 1.